The molecule has 0 bridgehead atoms. The first-order valence-electron chi connectivity index (χ1n) is 14.1. The van der Waals surface area contributed by atoms with Gasteiger partial charge in [0.25, 0.3) is 5.91 Å². The Bertz CT molecular complexity index is 1280. The molecule has 0 saturated carbocycles. The molecule has 2 atom stereocenters. The molecule has 0 aliphatic rings. The van der Waals surface area contributed by atoms with E-state index in [0.29, 0.717) is 18.9 Å². The largest absolute Gasteiger partial charge is 0.497 e. The number of hydrogen-bond donors (Lipinski definition) is 3. The molecule has 0 aliphatic heterocycles. The summed E-state index contributed by atoms with van der Waals surface area (Å²) in [7, 11) is -1.01. The number of sulfonamides is 1. The lowest BCUT2D eigenvalue weighted by Crippen LogP contribution is -2.60. The third-order valence-electron chi connectivity index (χ3n) is 6.49. The predicted molar refractivity (Wildman–Crippen MR) is 164 cm³/mol. The number of aliphatic hydroxyl groups excluding tert-OH is 1. The topological polar surface area (TPSA) is 138 Å². The smallest absolute Gasteiger partial charge is 0.252 e. The van der Waals surface area contributed by atoms with Crippen LogP contribution in [0.5, 0.6) is 5.75 Å². The van der Waals surface area contributed by atoms with E-state index in [9.17, 15) is 23.1 Å². The number of carbonyl (C=O) groups excluding carboxylic acids is 2. The van der Waals surface area contributed by atoms with Crippen LogP contribution in [0, 0.1) is 18.3 Å². The van der Waals surface area contributed by atoms with Crippen molar-refractivity contribution in [3.63, 3.8) is 0 Å². The van der Waals surface area contributed by atoms with Crippen molar-refractivity contribution < 1.29 is 32.6 Å². The molecular formula is C31H44N4O7S. The fraction of sp³-hybridized carbons (Fsp3) is 0.484. The Morgan fingerprint density at radius 1 is 1.05 bits per heavy atom. The number of methoxy groups -OCH3 is 2. The molecule has 0 spiro atoms. The van der Waals surface area contributed by atoms with Gasteiger partial charge < -0.3 is 19.9 Å². The number of amides is 2. The molecule has 0 aromatic heterocycles. The zero-order chi connectivity index (χ0) is 31.8. The summed E-state index contributed by atoms with van der Waals surface area (Å²) in [5.74, 6) is 1.85. The molecule has 2 aromatic rings. The molecule has 1 unspecified atom stereocenters. The SMILES string of the molecule is C#CCCC(=O)N(NC(=O)CNCCOC)C(Cc1ccccc1)[C@H](O)CN(CC(C)C)S(=O)(=O)c1ccc(OC)cc1. The third-order valence-corrected chi connectivity index (χ3v) is 8.33. The lowest BCUT2D eigenvalue weighted by molar-refractivity contribution is -0.147. The molecule has 3 N–H and O–H groups in total. The van der Waals surface area contributed by atoms with Crippen LogP contribution in [-0.2, 0) is 30.8 Å². The number of hydrogen-bond acceptors (Lipinski definition) is 8. The first-order valence-corrected chi connectivity index (χ1v) is 15.6. The van der Waals surface area contributed by atoms with E-state index in [1.165, 1.54) is 23.5 Å². The molecular weight excluding hydrogens is 572 g/mol. The van der Waals surface area contributed by atoms with Crippen molar-refractivity contribution in [2.24, 2.45) is 5.92 Å². The summed E-state index contributed by atoms with van der Waals surface area (Å²) >= 11 is 0. The van der Waals surface area contributed by atoms with Crippen molar-refractivity contribution in [3.05, 3.63) is 60.2 Å². The highest BCUT2D eigenvalue weighted by atomic mass is 32.2. The zero-order valence-electron chi connectivity index (χ0n) is 25.4. The van der Waals surface area contributed by atoms with Crippen molar-refractivity contribution in [3.8, 4) is 18.1 Å². The molecule has 0 heterocycles. The molecule has 2 amide bonds. The van der Waals surface area contributed by atoms with Crippen LogP contribution in [0.1, 0.15) is 32.3 Å². The van der Waals surface area contributed by atoms with Crippen LogP contribution < -0.4 is 15.5 Å². The predicted octanol–water partition coefficient (Wildman–Crippen LogP) is 1.82. The summed E-state index contributed by atoms with van der Waals surface area (Å²) in [6.45, 7) is 4.23. The van der Waals surface area contributed by atoms with Gasteiger partial charge in [-0.05, 0) is 42.2 Å². The number of terminal acetylenes is 1. The maximum absolute atomic E-state index is 13.8. The standard InChI is InChI=1S/C31H44N4O7S/c1-6-7-13-31(38)35(33-30(37)21-32-18-19-41-4)28(20-25-11-9-8-10-12-25)29(36)23-34(22-24(2)3)43(39,40)27-16-14-26(42-5)15-17-27/h1,8-12,14-17,24,28-29,32,36H,7,13,18-23H2,2-5H3,(H,33,37)/t28?,29-/m1/s1. The van der Waals surface area contributed by atoms with Gasteiger partial charge in [-0.1, -0.05) is 44.2 Å². The molecule has 0 fully saturated rings. The minimum absolute atomic E-state index is 0.0400. The zero-order valence-corrected chi connectivity index (χ0v) is 26.2. The van der Waals surface area contributed by atoms with E-state index in [2.05, 4.69) is 16.7 Å². The number of benzene rings is 2. The van der Waals surface area contributed by atoms with Crippen molar-refractivity contribution >= 4 is 21.8 Å². The second-order valence-electron chi connectivity index (χ2n) is 10.4. The normalized spacial score (nSPS) is 12.9. The van der Waals surface area contributed by atoms with Crippen LogP contribution in [0.25, 0.3) is 0 Å². The van der Waals surface area contributed by atoms with Gasteiger partial charge in [-0.2, -0.15) is 4.31 Å². The van der Waals surface area contributed by atoms with Crippen LogP contribution in [0.15, 0.2) is 59.5 Å². The molecule has 11 nitrogen and oxygen atoms in total. The fourth-order valence-corrected chi connectivity index (χ4v) is 5.96. The van der Waals surface area contributed by atoms with E-state index in [1.807, 2.05) is 44.2 Å². The number of rotatable bonds is 18. The van der Waals surface area contributed by atoms with E-state index in [-0.39, 0.29) is 49.7 Å². The van der Waals surface area contributed by atoms with Crippen LogP contribution in [-0.4, -0.2) is 93.8 Å². The lowest BCUT2D eigenvalue weighted by atomic mass is 9.99. The van der Waals surface area contributed by atoms with Crippen molar-refractivity contribution in [1.29, 1.82) is 0 Å². The molecule has 236 valence electrons. The molecule has 43 heavy (non-hydrogen) atoms. The van der Waals surface area contributed by atoms with Crippen molar-refractivity contribution in [2.75, 3.05) is 47.0 Å². The summed E-state index contributed by atoms with van der Waals surface area (Å²) < 4.78 is 38.9. The van der Waals surface area contributed by atoms with Gasteiger partial charge >= 0.3 is 0 Å². The minimum atomic E-state index is -4.04. The van der Waals surface area contributed by atoms with Gasteiger partial charge in [-0.3, -0.25) is 15.0 Å². The van der Waals surface area contributed by atoms with E-state index in [0.717, 1.165) is 10.6 Å². The van der Waals surface area contributed by atoms with Gasteiger partial charge in [0.2, 0.25) is 15.9 Å². The molecule has 12 heteroatoms. The Morgan fingerprint density at radius 3 is 2.30 bits per heavy atom. The first-order chi connectivity index (χ1) is 20.5. The summed E-state index contributed by atoms with van der Waals surface area (Å²) in [5.41, 5.74) is 3.41. The van der Waals surface area contributed by atoms with Crippen LogP contribution in [0.3, 0.4) is 0 Å². The van der Waals surface area contributed by atoms with Gasteiger partial charge in [0, 0.05) is 39.6 Å². The van der Waals surface area contributed by atoms with Gasteiger partial charge in [0.05, 0.1) is 37.3 Å². The van der Waals surface area contributed by atoms with Crippen molar-refractivity contribution in [1.82, 2.24) is 20.1 Å². The number of aliphatic hydroxyl groups is 1. The van der Waals surface area contributed by atoms with E-state index in [1.54, 1.807) is 19.2 Å². The summed E-state index contributed by atoms with van der Waals surface area (Å²) in [4.78, 5) is 26.3. The molecule has 0 saturated heterocycles. The Hall–Kier alpha value is -3.47. The minimum Gasteiger partial charge on any atom is -0.497 e. The van der Waals surface area contributed by atoms with E-state index >= 15 is 0 Å². The highest BCUT2D eigenvalue weighted by Gasteiger charge is 2.35. The Morgan fingerprint density at radius 2 is 1.72 bits per heavy atom. The second-order valence-corrected chi connectivity index (χ2v) is 12.3. The Balaban J connectivity index is 2.46. The van der Waals surface area contributed by atoms with Crippen molar-refractivity contribution in [2.45, 2.75) is 50.2 Å². The highest BCUT2D eigenvalue weighted by Crippen LogP contribution is 2.23. The van der Waals surface area contributed by atoms with Gasteiger partial charge in [0.1, 0.15) is 5.75 Å². The summed E-state index contributed by atoms with van der Waals surface area (Å²) in [6, 6.07) is 14.1. The molecule has 0 aliphatic carbocycles. The summed E-state index contributed by atoms with van der Waals surface area (Å²) in [6.07, 6.45) is 4.20. The average Bonchev–Trinajstić information content (AvgIpc) is 2.99. The number of hydrazine groups is 1. The molecule has 0 radical (unpaired) electrons. The first kappa shape index (κ1) is 35.7. The molecule has 2 aromatic carbocycles. The van der Waals surface area contributed by atoms with Crippen LogP contribution >= 0.6 is 0 Å². The highest BCUT2D eigenvalue weighted by molar-refractivity contribution is 7.89. The van der Waals surface area contributed by atoms with Crippen LogP contribution in [0.4, 0.5) is 0 Å². The number of ether oxygens (including phenoxy) is 2. The van der Waals surface area contributed by atoms with Crippen LogP contribution in [0.2, 0.25) is 0 Å². The fourth-order valence-electron chi connectivity index (χ4n) is 4.34. The second kappa shape index (κ2) is 18.3. The number of nitrogens with zero attached hydrogens (tertiary/aromatic N) is 2. The average molecular weight is 617 g/mol. The number of nitrogens with one attached hydrogen (secondary N) is 2. The number of carbonyl (C=O) groups is 2. The van der Waals surface area contributed by atoms with Gasteiger partial charge in [0.15, 0.2) is 0 Å². The lowest BCUT2D eigenvalue weighted by Gasteiger charge is -2.37. The monoisotopic (exact) mass is 616 g/mol. The maximum Gasteiger partial charge on any atom is 0.252 e. The molecule has 2 rings (SSSR count). The Labute approximate surface area is 255 Å². The van der Waals surface area contributed by atoms with E-state index in [4.69, 9.17) is 15.9 Å². The maximum atomic E-state index is 13.8. The summed E-state index contributed by atoms with van der Waals surface area (Å²) in [5, 5.41) is 15.7. The van der Waals surface area contributed by atoms with Gasteiger partial charge in [-0.25, -0.2) is 13.4 Å². The third kappa shape index (κ3) is 11.6. The van der Waals surface area contributed by atoms with E-state index < -0.39 is 34.0 Å². The Kier molecular flexibility index (Phi) is 15.2. The van der Waals surface area contributed by atoms with Gasteiger partial charge in [-0.15, -0.1) is 12.3 Å². The quantitative estimate of drug-likeness (QED) is 0.131.